The van der Waals surface area contributed by atoms with Gasteiger partial charge in [0.2, 0.25) is 0 Å². The molecule has 21 heavy (non-hydrogen) atoms. The molecule has 0 radical (unpaired) electrons. The van der Waals surface area contributed by atoms with Gasteiger partial charge in [-0.3, -0.25) is 0 Å². The lowest BCUT2D eigenvalue weighted by Crippen LogP contribution is -2.03. The number of rotatable bonds is 4. The van der Waals surface area contributed by atoms with E-state index in [-0.39, 0.29) is 5.82 Å². The molecule has 1 aromatic heterocycles. The zero-order valence-corrected chi connectivity index (χ0v) is 13.1. The number of hydrogen-bond donors (Lipinski definition) is 1. The van der Waals surface area contributed by atoms with Gasteiger partial charge in [0.15, 0.2) is 0 Å². The van der Waals surface area contributed by atoms with Gasteiger partial charge in [0, 0.05) is 18.3 Å². The maximum absolute atomic E-state index is 13.3. The van der Waals surface area contributed by atoms with Crippen LogP contribution in [0, 0.1) is 5.82 Å². The third kappa shape index (κ3) is 3.01. The molecule has 0 aliphatic carbocycles. The fourth-order valence-electron chi connectivity index (χ4n) is 2.52. The fraction of sp³-hybridized carbons (Fsp3) is 0.176. The Labute approximate surface area is 131 Å². The zero-order valence-electron chi connectivity index (χ0n) is 11.5. The van der Waals surface area contributed by atoms with Crippen LogP contribution in [0.4, 0.5) is 4.39 Å². The third-order valence-corrected chi connectivity index (χ3v) is 4.22. The number of fused-ring (bicyclic) bond motifs is 1. The second-order valence-corrected chi connectivity index (χ2v) is 5.98. The van der Waals surface area contributed by atoms with Crippen LogP contribution in [0.3, 0.4) is 0 Å². The van der Waals surface area contributed by atoms with Gasteiger partial charge in [0.1, 0.15) is 5.82 Å². The van der Waals surface area contributed by atoms with E-state index in [0.29, 0.717) is 17.6 Å². The summed E-state index contributed by atoms with van der Waals surface area (Å²) in [6, 6.07) is 13.7. The van der Waals surface area contributed by atoms with E-state index in [1.165, 1.54) is 22.5 Å². The van der Waals surface area contributed by atoms with Crippen LogP contribution in [0.25, 0.3) is 10.9 Å². The van der Waals surface area contributed by atoms with Crippen LogP contribution in [0.2, 0.25) is 0 Å². The van der Waals surface area contributed by atoms with Crippen LogP contribution in [-0.4, -0.2) is 11.1 Å². The van der Waals surface area contributed by atoms with Crippen molar-refractivity contribution < 1.29 is 4.39 Å². The average Bonchev–Trinajstić information content (AvgIpc) is 2.86. The zero-order chi connectivity index (χ0) is 14.8. The minimum absolute atomic E-state index is 0.235. The molecule has 0 unspecified atom stereocenters. The predicted octanol–water partition coefficient (Wildman–Crippen LogP) is 4.09. The number of benzene rings is 2. The SMILES string of the molecule is NCCc1ccc2ccn(Cc3ccc(F)c(Br)c3)c2c1. The monoisotopic (exact) mass is 346 g/mol. The highest BCUT2D eigenvalue weighted by molar-refractivity contribution is 9.10. The van der Waals surface area contributed by atoms with Gasteiger partial charge in [0.25, 0.3) is 0 Å². The minimum atomic E-state index is -0.235. The highest BCUT2D eigenvalue weighted by atomic mass is 79.9. The fourth-order valence-corrected chi connectivity index (χ4v) is 2.95. The van der Waals surface area contributed by atoms with Crippen molar-refractivity contribution in [3.63, 3.8) is 0 Å². The summed E-state index contributed by atoms with van der Waals surface area (Å²) in [7, 11) is 0. The standard InChI is InChI=1S/C17H16BrFN2/c18-15-9-13(2-4-16(15)19)11-21-8-6-14-3-1-12(5-7-20)10-17(14)21/h1-4,6,8-10H,5,7,11,20H2. The third-order valence-electron chi connectivity index (χ3n) is 3.61. The molecule has 0 amide bonds. The maximum atomic E-state index is 13.3. The van der Waals surface area contributed by atoms with E-state index in [0.717, 1.165) is 12.0 Å². The van der Waals surface area contributed by atoms with E-state index >= 15 is 0 Å². The molecule has 3 rings (SSSR count). The molecule has 0 atom stereocenters. The molecule has 0 spiro atoms. The van der Waals surface area contributed by atoms with E-state index in [2.05, 4.69) is 51.0 Å². The van der Waals surface area contributed by atoms with E-state index < -0.39 is 0 Å². The van der Waals surface area contributed by atoms with Crippen molar-refractivity contribution in [2.45, 2.75) is 13.0 Å². The first-order chi connectivity index (χ1) is 10.2. The van der Waals surface area contributed by atoms with E-state index in [4.69, 9.17) is 5.73 Å². The lowest BCUT2D eigenvalue weighted by Gasteiger charge is -2.08. The van der Waals surface area contributed by atoms with Crippen LogP contribution < -0.4 is 5.73 Å². The number of nitrogens with two attached hydrogens (primary N) is 1. The Morgan fingerprint density at radius 2 is 1.86 bits per heavy atom. The van der Waals surface area contributed by atoms with Crippen LogP contribution in [-0.2, 0) is 13.0 Å². The van der Waals surface area contributed by atoms with Crippen molar-refractivity contribution in [1.82, 2.24) is 4.57 Å². The molecule has 0 saturated carbocycles. The van der Waals surface area contributed by atoms with Crippen molar-refractivity contribution in [2.75, 3.05) is 6.54 Å². The highest BCUT2D eigenvalue weighted by Crippen LogP contribution is 2.21. The topological polar surface area (TPSA) is 30.9 Å². The number of hydrogen-bond acceptors (Lipinski definition) is 1. The highest BCUT2D eigenvalue weighted by Gasteiger charge is 2.05. The normalized spacial score (nSPS) is 11.2. The van der Waals surface area contributed by atoms with Gasteiger partial charge in [-0.2, -0.15) is 0 Å². The Balaban J connectivity index is 1.95. The Morgan fingerprint density at radius 1 is 1.05 bits per heavy atom. The summed E-state index contributed by atoms with van der Waals surface area (Å²) in [5.74, 6) is -0.235. The van der Waals surface area contributed by atoms with E-state index in [9.17, 15) is 4.39 Å². The second-order valence-electron chi connectivity index (χ2n) is 5.12. The maximum Gasteiger partial charge on any atom is 0.137 e. The Bertz CT molecular complexity index is 780. The lowest BCUT2D eigenvalue weighted by molar-refractivity contribution is 0.619. The first-order valence-electron chi connectivity index (χ1n) is 6.89. The molecular formula is C17H16BrFN2. The van der Waals surface area contributed by atoms with Crippen molar-refractivity contribution in [2.24, 2.45) is 5.73 Å². The van der Waals surface area contributed by atoms with Crippen molar-refractivity contribution in [3.05, 3.63) is 70.1 Å². The van der Waals surface area contributed by atoms with Crippen LogP contribution in [0.15, 0.2) is 53.1 Å². The lowest BCUT2D eigenvalue weighted by atomic mass is 10.1. The molecule has 2 N–H and O–H groups in total. The molecular weight excluding hydrogens is 331 g/mol. The molecule has 2 nitrogen and oxygen atoms in total. The summed E-state index contributed by atoms with van der Waals surface area (Å²) < 4.78 is 16.0. The minimum Gasteiger partial charge on any atom is -0.343 e. The smallest absolute Gasteiger partial charge is 0.137 e. The van der Waals surface area contributed by atoms with Gasteiger partial charge >= 0.3 is 0 Å². The quantitative estimate of drug-likeness (QED) is 0.757. The molecule has 1 heterocycles. The summed E-state index contributed by atoms with van der Waals surface area (Å²) in [6.07, 6.45) is 2.94. The summed E-state index contributed by atoms with van der Waals surface area (Å²) in [5.41, 5.74) is 9.11. The van der Waals surface area contributed by atoms with Crippen molar-refractivity contribution in [1.29, 1.82) is 0 Å². The summed E-state index contributed by atoms with van der Waals surface area (Å²) in [6.45, 7) is 1.37. The summed E-state index contributed by atoms with van der Waals surface area (Å²) >= 11 is 3.23. The average molecular weight is 347 g/mol. The number of halogens is 2. The van der Waals surface area contributed by atoms with Crippen molar-refractivity contribution >= 4 is 26.8 Å². The van der Waals surface area contributed by atoms with Gasteiger partial charge in [-0.1, -0.05) is 18.2 Å². The molecule has 0 saturated heterocycles. The van der Waals surface area contributed by atoms with E-state index in [1.54, 1.807) is 0 Å². The Kier molecular flexibility index (Phi) is 4.08. The van der Waals surface area contributed by atoms with Crippen LogP contribution >= 0.6 is 15.9 Å². The summed E-state index contributed by atoms with van der Waals surface area (Å²) in [4.78, 5) is 0. The summed E-state index contributed by atoms with van der Waals surface area (Å²) in [5, 5.41) is 1.21. The molecule has 0 bridgehead atoms. The number of aromatic nitrogens is 1. The Hall–Kier alpha value is -1.65. The van der Waals surface area contributed by atoms with Crippen molar-refractivity contribution in [3.8, 4) is 0 Å². The predicted molar refractivity (Wildman–Crippen MR) is 87.9 cm³/mol. The van der Waals surface area contributed by atoms with E-state index in [1.807, 2.05) is 12.1 Å². The molecule has 0 aliphatic heterocycles. The molecule has 108 valence electrons. The largest absolute Gasteiger partial charge is 0.343 e. The van der Waals surface area contributed by atoms with Crippen LogP contribution in [0.1, 0.15) is 11.1 Å². The Morgan fingerprint density at radius 3 is 2.62 bits per heavy atom. The molecule has 4 heteroatoms. The van der Waals surface area contributed by atoms with Crippen LogP contribution in [0.5, 0.6) is 0 Å². The van der Waals surface area contributed by atoms with Gasteiger partial charge in [-0.25, -0.2) is 4.39 Å². The molecule has 0 aliphatic rings. The molecule has 0 fully saturated rings. The first kappa shape index (κ1) is 14.3. The van der Waals surface area contributed by atoms with Gasteiger partial charge in [-0.15, -0.1) is 0 Å². The van der Waals surface area contributed by atoms with Gasteiger partial charge in [0.05, 0.1) is 4.47 Å². The van der Waals surface area contributed by atoms with Gasteiger partial charge < -0.3 is 10.3 Å². The number of nitrogens with zero attached hydrogens (tertiary/aromatic N) is 1. The van der Waals surface area contributed by atoms with Gasteiger partial charge in [-0.05, 0) is 69.7 Å². The molecule has 3 aromatic rings. The second kappa shape index (κ2) is 6.00. The molecule has 2 aromatic carbocycles. The first-order valence-corrected chi connectivity index (χ1v) is 7.68.